The van der Waals surface area contributed by atoms with Crippen molar-refractivity contribution in [1.82, 2.24) is 4.98 Å². The van der Waals surface area contributed by atoms with Crippen molar-refractivity contribution in [2.45, 2.75) is 51.0 Å². The summed E-state index contributed by atoms with van der Waals surface area (Å²) in [6, 6.07) is 7.05. The van der Waals surface area contributed by atoms with Gasteiger partial charge in [-0.25, -0.2) is 0 Å². The van der Waals surface area contributed by atoms with Crippen LogP contribution in [0.3, 0.4) is 0 Å². The minimum atomic E-state index is 0.224. The van der Waals surface area contributed by atoms with Gasteiger partial charge in [0.2, 0.25) is 0 Å². The quantitative estimate of drug-likeness (QED) is 0.906. The molecule has 1 atom stereocenters. The van der Waals surface area contributed by atoms with Gasteiger partial charge in [-0.3, -0.25) is 4.98 Å². The number of fused-ring (bicyclic) bond motifs is 1. The summed E-state index contributed by atoms with van der Waals surface area (Å²) < 4.78 is 0. The Morgan fingerprint density at radius 3 is 2.47 bits per heavy atom. The zero-order chi connectivity index (χ0) is 13.6. The van der Waals surface area contributed by atoms with Crippen LogP contribution in [0.25, 0.3) is 10.8 Å². The molecule has 100 valence electrons. The van der Waals surface area contributed by atoms with E-state index in [1.807, 2.05) is 12.4 Å². The van der Waals surface area contributed by atoms with Crippen LogP contribution in [0.2, 0.25) is 0 Å². The average molecular weight is 254 g/mol. The lowest BCUT2D eigenvalue weighted by molar-refractivity contribution is 0.557. The van der Waals surface area contributed by atoms with Gasteiger partial charge in [-0.15, -0.1) is 0 Å². The van der Waals surface area contributed by atoms with E-state index in [-0.39, 0.29) is 11.5 Å². The summed E-state index contributed by atoms with van der Waals surface area (Å²) in [5.41, 5.74) is 9.11. The van der Waals surface area contributed by atoms with Crippen molar-refractivity contribution in [1.29, 1.82) is 0 Å². The number of aromatic nitrogens is 1. The molecule has 19 heavy (non-hydrogen) atoms. The molecule has 2 N–H and O–H groups in total. The molecule has 0 radical (unpaired) electrons. The van der Waals surface area contributed by atoms with Crippen LogP contribution in [0.5, 0.6) is 0 Å². The number of hydrogen-bond donors (Lipinski definition) is 1. The van der Waals surface area contributed by atoms with Crippen molar-refractivity contribution in [2.75, 3.05) is 0 Å². The second kappa shape index (κ2) is 4.31. The summed E-state index contributed by atoms with van der Waals surface area (Å²) in [5.74, 6) is 0.505. The van der Waals surface area contributed by atoms with Gasteiger partial charge < -0.3 is 5.73 Å². The van der Waals surface area contributed by atoms with Crippen LogP contribution in [-0.4, -0.2) is 11.0 Å². The van der Waals surface area contributed by atoms with Crippen LogP contribution >= 0.6 is 0 Å². The van der Waals surface area contributed by atoms with Crippen molar-refractivity contribution < 1.29 is 0 Å². The van der Waals surface area contributed by atoms with Gasteiger partial charge in [-0.05, 0) is 48.3 Å². The van der Waals surface area contributed by atoms with Crippen LogP contribution in [-0.2, 0) is 5.41 Å². The second-order valence-electron chi connectivity index (χ2n) is 6.26. The highest BCUT2D eigenvalue weighted by atomic mass is 14.7. The first-order valence-electron chi connectivity index (χ1n) is 7.18. The Morgan fingerprint density at radius 2 is 1.89 bits per heavy atom. The number of rotatable bonds is 3. The Hall–Kier alpha value is -1.41. The van der Waals surface area contributed by atoms with Gasteiger partial charge in [0, 0.05) is 29.2 Å². The van der Waals surface area contributed by atoms with E-state index < -0.39 is 0 Å². The Kier molecular flexibility index (Phi) is 2.86. The summed E-state index contributed by atoms with van der Waals surface area (Å²) in [7, 11) is 0. The summed E-state index contributed by atoms with van der Waals surface area (Å²) in [5, 5.41) is 2.57. The van der Waals surface area contributed by atoms with Gasteiger partial charge >= 0.3 is 0 Å². The first-order valence-corrected chi connectivity index (χ1v) is 7.18. The molecule has 1 aromatic carbocycles. The maximum absolute atomic E-state index is 6.17. The number of hydrogen-bond acceptors (Lipinski definition) is 2. The molecule has 1 aliphatic rings. The smallest absolute Gasteiger partial charge is 0.0346 e. The predicted octanol–water partition coefficient (Wildman–Crippen LogP) is 3.74. The molecule has 1 fully saturated rings. The van der Waals surface area contributed by atoms with E-state index in [2.05, 4.69) is 44.0 Å². The summed E-state index contributed by atoms with van der Waals surface area (Å²) in [6.45, 7) is 6.56. The SMILES string of the molecule is CC(C)c1cncc2cc(C3(C(C)N)CC3)ccc12. The molecule has 1 aliphatic carbocycles. The van der Waals surface area contributed by atoms with Crippen molar-refractivity contribution in [2.24, 2.45) is 5.73 Å². The van der Waals surface area contributed by atoms with Crippen molar-refractivity contribution >= 4 is 10.8 Å². The minimum absolute atomic E-state index is 0.224. The molecule has 0 amide bonds. The summed E-state index contributed by atoms with van der Waals surface area (Å²) in [4.78, 5) is 4.39. The molecule has 0 spiro atoms. The lowest BCUT2D eigenvalue weighted by Crippen LogP contribution is -2.31. The summed E-state index contributed by atoms with van der Waals surface area (Å²) in [6.07, 6.45) is 6.40. The average Bonchev–Trinajstić information content (AvgIpc) is 3.18. The van der Waals surface area contributed by atoms with Gasteiger partial charge in [0.1, 0.15) is 0 Å². The molecule has 1 aromatic heterocycles. The molecule has 2 nitrogen and oxygen atoms in total. The second-order valence-corrected chi connectivity index (χ2v) is 6.26. The number of nitrogens with zero attached hydrogens (tertiary/aromatic N) is 1. The van der Waals surface area contributed by atoms with Crippen LogP contribution in [0.15, 0.2) is 30.6 Å². The third-order valence-electron chi connectivity index (χ3n) is 4.65. The summed E-state index contributed by atoms with van der Waals surface area (Å²) >= 11 is 0. The molecule has 2 aromatic rings. The van der Waals surface area contributed by atoms with E-state index >= 15 is 0 Å². The van der Waals surface area contributed by atoms with Crippen LogP contribution in [0.4, 0.5) is 0 Å². The lowest BCUT2D eigenvalue weighted by atomic mass is 9.87. The zero-order valence-electron chi connectivity index (χ0n) is 12.0. The topological polar surface area (TPSA) is 38.9 Å². The Morgan fingerprint density at radius 1 is 1.16 bits per heavy atom. The Bertz CT molecular complexity index is 610. The molecule has 1 saturated carbocycles. The lowest BCUT2D eigenvalue weighted by Gasteiger charge is -2.21. The van der Waals surface area contributed by atoms with E-state index in [0.717, 1.165) is 0 Å². The molecule has 0 aliphatic heterocycles. The maximum atomic E-state index is 6.17. The predicted molar refractivity (Wildman–Crippen MR) is 80.4 cm³/mol. The van der Waals surface area contributed by atoms with E-state index in [9.17, 15) is 0 Å². The third-order valence-corrected chi connectivity index (χ3v) is 4.65. The fraction of sp³-hybridized carbons (Fsp3) is 0.471. The molecule has 2 heteroatoms. The molecule has 1 heterocycles. The van der Waals surface area contributed by atoms with Gasteiger partial charge in [-0.1, -0.05) is 26.0 Å². The maximum Gasteiger partial charge on any atom is 0.0346 e. The molecule has 3 rings (SSSR count). The fourth-order valence-corrected chi connectivity index (χ4v) is 3.11. The van der Waals surface area contributed by atoms with E-state index in [1.54, 1.807) is 0 Å². The van der Waals surface area contributed by atoms with Crippen molar-refractivity contribution in [3.05, 3.63) is 41.7 Å². The largest absolute Gasteiger partial charge is 0.327 e. The van der Waals surface area contributed by atoms with E-state index in [0.29, 0.717) is 5.92 Å². The van der Waals surface area contributed by atoms with Crippen molar-refractivity contribution in [3.8, 4) is 0 Å². The Labute approximate surface area is 115 Å². The highest BCUT2D eigenvalue weighted by molar-refractivity contribution is 5.86. The first-order chi connectivity index (χ1) is 9.04. The number of nitrogens with two attached hydrogens (primary N) is 1. The fourth-order valence-electron chi connectivity index (χ4n) is 3.11. The van der Waals surface area contributed by atoms with Crippen LogP contribution in [0, 0.1) is 0 Å². The molecule has 1 unspecified atom stereocenters. The standard InChI is InChI=1S/C17H22N2/c1-11(2)16-10-19-9-13-8-14(4-5-15(13)16)17(6-7-17)12(3)18/h4-5,8-12H,6-7,18H2,1-3H3. The number of pyridine rings is 1. The van der Waals surface area contributed by atoms with Crippen LogP contribution in [0.1, 0.15) is 50.7 Å². The monoisotopic (exact) mass is 254 g/mol. The van der Waals surface area contributed by atoms with Crippen LogP contribution < -0.4 is 5.73 Å². The Balaban J connectivity index is 2.13. The molecular formula is C17H22N2. The highest BCUT2D eigenvalue weighted by Crippen LogP contribution is 2.50. The number of benzene rings is 1. The minimum Gasteiger partial charge on any atom is -0.327 e. The van der Waals surface area contributed by atoms with Gasteiger partial charge in [-0.2, -0.15) is 0 Å². The zero-order valence-corrected chi connectivity index (χ0v) is 12.0. The van der Waals surface area contributed by atoms with Crippen molar-refractivity contribution in [3.63, 3.8) is 0 Å². The first kappa shape index (κ1) is 12.6. The highest BCUT2D eigenvalue weighted by Gasteiger charge is 2.47. The molecule has 0 bridgehead atoms. The van der Waals surface area contributed by atoms with E-state index in [4.69, 9.17) is 5.73 Å². The van der Waals surface area contributed by atoms with Gasteiger partial charge in [0.15, 0.2) is 0 Å². The third kappa shape index (κ3) is 1.95. The molecular weight excluding hydrogens is 232 g/mol. The van der Waals surface area contributed by atoms with E-state index in [1.165, 1.54) is 34.7 Å². The molecule has 0 saturated heterocycles. The van der Waals surface area contributed by atoms with Gasteiger partial charge in [0.25, 0.3) is 0 Å². The van der Waals surface area contributed by atoms with Gasteiger partial charge in [0.05, 0.1) is 0 Å². The normalized spacial score (nSPS) is 18.8.